The summed E-state index contributed by atoms with van der Waals surface area (Å²) in [6.45, 7) is 3.23. The summed E-state index contributed by atoms with van der Waals surface area (Å²) in [5.41, 5.74) is 1.78. The lowest BCUT2D eigenvalue weighted by atomic mass is 10.1. The third-order valence-electron chi connectivity index (χ3n) is 2.45. The number of nitrogens with zero attached hydrogens (tertiary/aromatic N) is 1. The summed E-state index contributed by atoms with van der Waals surface area (Å²) in [5, 5.41) is 2.57. The van der Waals surface area contributed by atoms with Crippen molar-refractivity contribution in [1.82, 2.24) is 4.98 Å². The summed E-state index contributed by atoms with van der Waals surface area (Å²) < 4.78 is 13.8. The van der Waals surface area contributed by atoms with Gasteiger partial charge in [-0.2, -0.15) is 0 Å². The zero-order valence-electron chi connectivity index (χ0n) is 10.2. The molecule has 2 aromatic rings. The van der Waals surface area contributed by atoms with Crippen molar-refractivity contribution in [3.8, 4) is 11.3 Å². The molecule has 1 aromatic carbocycles. The van der Waals surface area contributed by atoms with Crippen LogP contribution in [0.15, 0.2) is 36.4 Å². The van der Waals surface area contributed by atoms with Gasteiger partial charge in [0.25, 0.3) is 0 Å². The molecule has 0 saturated carbocycles. The quantitative estimate of drug-likeness (QED) is 0.881. The molecule has 18 heavy (non-hydrogen) atoms. The Hall–Kier alpha value is -2.23. The van der Waals surface area contributed by atoms with Crippen LogP contribution in [-0.2, 0) is 4.79 Å². The molecule has 0 unspecified atom stereocenters. The Bertz CT molecular complexity index is 596. The highest BCUT2D eigenvalue weighted by Crippen LogP contribution is 2.22. The van der Waals surface area contributed by atoms with Crippen LogP contribution in [0.1, 0.15) is 12.5 Å². The van der Waals surface area contributed by atoms with E-state index in [-0.39, 0.29) is 11.7 Å². The number of benzene rings is 1. The van der Waals surface area contributed by atoms with Crippen molar-refractivity contribution in [2.75, 3.05) is 5.32 Å². The Kier molecular flexibility index (Phi) is 3.37. The molecule has 0 aliphatic heterocycles. The van der Waals surface area contributed by atoms with Crippen molar-refractivity contribution >= 4 is 11.7 Å². The molecule has 1 heterocycles. The normalized spacial score (nSPS) is 10.2. The molecule has 0 saturated heterocycles. The average molecular weight is 244 g/mol. The van der Waals surface area contributed by atoms with Crippen molar-refractivity contribution in [2.24, 2.45) is 0 Å². The SMILES string of the molecule is CC(=O)Nc1cccc(-c2ccc(C)cc2F)n1. The largest absolute Gasteiger partial charge is 0.311 e. The van der Waals surface area contributed by atoms with Gasteiger partial charge in [-0.3, -0.25) is 4.79 Å². The van der Waals surface area contributed by atoms with Crippen LogP contribution in [0.2, 0.25) is 0 Å². The number of halogens is 1. The van der Waals surface area contributed by atoms with E-state index in [1.54, 1.807) is 24.3 Å². The molecule has 2 rings (SSSR count). The first-order chi connectivity index (χ1) is 8.56. The molecule has 0 radical (unpaired) electrons. The fourth-order valence-corrected chi connectivity index (χ4v) is 1.66. The molecule has 0 fully saturated rings. The summed E-state index contributed by atoms with van der Waals surface area (Å²) in [4.78, 5) is 15.1. The second-order valence-corrected chi connectivity index (χ2v) is 4.07. The number of carbonyl (C=O) groups excluding carboxylic acids is 1. The maximum absolute atomic E-state index is 13.8. The first-order valence-corrected chi connectivity index (χ1v) is 5.57. The van der Waals surface area contributed by atoms with E-state index < -0.39 is 0 Å². The van der Waals surface area contributed by atoms with Gasteiger partial charge in [0, 0.05) is 12.5 Å². The monoisotopic (exact) mass is 244 g/mol. The van der Waals surface area contributed by atoms with E-state index in [4.69, 9.17) is 0 Å². The van der Waals surface area contributed by atoms with Gasteiger partial charge < -0.3 is 5.32 Å². The Labute approximate surface area is 105 Å². The highest BCUT2D eigenvalue weighted by Gasteiger charge is 2.07. The smallest absolute Gasteiger partial charge is 0.222 e. The van der Waals surface area contributed by atoms with Crippen molar-refractivity contribution in [2.45, 2.75) is 13.8 Å². The molecular formula is C14H13FN2O. The maximum Gasteiger partial charge on any atom is 0.222 e. The molecule has 0 spiro atoms. The lowest BCUT2D eigenvalue weighted by Gasteiger charge is -2.06. The van der Waals surface area contributed by atoms with Gasteiger partial charge in [0.15, 0.2) is 0 Å². The molecule has 0 bridgehead atoms. The van der Waals surface area contributed by atoms with Crippen LogP contribution in [0.3, 0.4) is 0 Å². The first-order valence-electron chi connectivity index (χ1n) is 5.57. The zero-order valence-corrected chi connectivity index (χ0v) is 10.2. The first kappa shape index (κ1) is 12.2. The number of aromatic nitrogens is 1. The topological polar surface area (TPSA) is 42.0 Å². The predicted molar refractivity (Wildman–Crippen MR) is 68.7 cm³/mol. The van der Waals surface area contributed by atoms with Gasteiger partial charge in [0.2, 0.25) is 5.91 Å². The van der Waals surface area contributed by atoms with E-state index in [9.17, 15) is 9.18 Å². The summed E-state index contributed by atoms with van der Waals surface area (Å²) >= 11 is 0. The second-order valence-electron chi connectivity index (χ2n) is 4.07. The number of hydrogen-bond acceptors (Lipinski definition) is 2. The molecule has 92 valence electrons. The van der Waals surface area contributed by atoms with Crippen molar-refractivity contribution in [3.63, 3.8) is 0 Å². The molecular weight excluding hydrogens is 231 g/mol. The molecule has 1 aromatic heterocycles. The van der Waals surface area contributed by atoms with Crippen LogP contribution >= 0.6 is 0 Å². The van der Waals surface area contributed by atoms with Gasteiger partial charge in [-0.1, -0.05) is 12.1 Å². The number of nitrogens with one attached hydrogen (secondary N) is 1. The minimum absolute atomic E-state index is 0.205. The number of anilines is 1. The lowest BCUT2D eigenvalue weighted by Crippen LogP contribution is -2.07. The van der Waals surface area contributed by atoms with Gasteiger partial charge in [-0.05, 0) is 36.8 Å². The standard InChI is InChI=1S/C14H13FN2O/c1-9-6-7-11(12(15)8-9)13-4-3-5-14(17-13)16-10(2)18/h3-8H,1-2H3,(H,16,17,18). The van der Waals surface area contributed by atoms with Gasteiger partial charge in [-0.15, -0.1) is 0 Å². The van der Waals surface area contributed by atoms with E-state index in [1.807, 2.05) is 13.0 Å². The summed E-state index contributed by atoms with van der Waals surface area (Å²) in [6, 6.07) is 10.1. The van der Waals surface area contributed by atoms with Crippen molar-refractivity contribution in [3.05, 3.63) is 47.8 Å². The van der Waals surface area contributed by atoms with Crippen LogP contribution in [0.5, 0.6) is 0 Å². The second kappa shape index (κ2) is 4.96. The number of hydrogen-bond donors (Lipinski definition) is 1. The molecule has 0 aliphatic rings. The van der Waals surface area contributed by atoms with Gasteiger partial charge in [0.05, 0.1) is 5.69 Å². The minimum atomic E-state index is -0.317. The van der Waals surface area contributed by atoms with Crippen molar-refractivity contribution in [1.29, 1.82) is 0 Å². The number of aryl methyl sites for hydroxylation is 1. The van der Waals surface area contributed by atoms with Crippen LogP contribution in [0.25, 0.3) is 11.3 Å². The third kappa shape index (κ3) is 2.71. The van der Waals surface area contributed by atoms with Crippen LogP contribution in [0, 0.1) is 12.7 Å². The predicted octanol–water partition coefficient (Wildman–Crippen LogP) is 3.15. The fraction of sp³-hybridized carbons (Fsp3) is 0.143. The third-order valence-corrected chi connectivity index (χ3v) is 2.45. The van der Waals surface area contributed by atoms with Crippen LogP contribution < -0.4 is 5.32 Å². The Balaban J connectivity index is 2.41. The highest BCUT2D eigenvalue weighted by molar-refractivity contribution is 5.87. The lowest BCUT2D eigenvalue weighted by molar-refractivity contribution is -0.114. The van der Waals surface area contributed by atoms with E-state index in [1.165, 1.54) is 13.0 Å². The molecule has 1 amide bonds. The molecule has 1 N–H and O–H groups in total. The zero-order chi connectivity index (χ0) is 13.1. The van der Waals surface area contributed by atoms with Crippen LogP contribution in [0.4, 0.5) is 10.2 Å². The van der Waals surface area contributed by atoms with Crippen molar-refractivity contribution < 1.29 is 9.18 Å². The number of amides is 1. The summed E-state index contributed by atoms with van der Waals surface area (Å²) in [5.74, 6) is -0.105. The number of rotatable bonds is 2. The molecule has 3 nitrogen and oxygen atoms in total. The Morgan fingerprint density at radius 2 is 2.06 bits per heavy atom. The van der Waals surface area contributed by atoms with Gasteiger partial charge in [0.1, 0.15) is 11.6 Å². The molecule has 4 heteroatoms. The van der Waals surface area contributed by atoms with E-state index in [0.717, 1.165) is 5.56 Å². The van der Waals surface area contributed by atoms with E-state index in [0.29, 0.717) is 17.1 Å². The van der Waals surface area contributed by atoms with E-state index >= 15 is 0 Å². The Morgan fingerprint density at radius 3 is 2.72 bits per heavy atom. The van der Waals surface area contributed by atoms with Gasteiger partial charge >= 0.3 is 0 Å². The maximum atomic E-state index is 13.8. The van der Waals surface area contributed by atoms with Gasteiger partial charge in [-0.25, -0.2) is 9.37 Å². The fourth-order valence-electron chi connectivity index (χ4n) is 1.66. The summed E-state index contributed by atoms with van der Waals surface area (Å²) in [6.07, 6.45) is 0. The Morgan fingerprint density at radius 1 is 1.28 bits per heavy atom. The average Bonchev–Trinajstić information content (AvgIpc) is 2.28. The minimum Gasteiger partial charge on any atom is -0.311 e. The molecule has 0 aliphatic carbocycles. The number of carbonyl (C=O) groups is 1. The van der Waals surface area contributed by atoms with Crippen LogP contribution in [-0.4, -0.2) is 10.9 Å². The van der Waals surface area contributed by atoms with E-state index in [2.05, 4.69) is 10.3 Å². The number of pyridine rings is 1. The molecule has 0 atom stereocenters. The highest BCUT2D eigenvalue weighted by atomic mass is 19.1. The summed E-state index contributed by atoms with van der Waals surface area (Å²) in [7, 11) is 0.